The summed E-state index contributed by atoms with van der Waals surface area (Å²) >= 11 is 12.4. The number of para-hydroxylation sites is 1. The van der Waals surface area contributed by atoms with Crippen LogP contribution in [0.5, 0.6) is 0 Å². The van der Waals surface area contributed by atoms with Crippen LogP contribution in [-0.4, -0.2) is 17.3 Å². The summed E-state index contributed by atoms with van der Waals surface area (Å²) in [6.45, 7) is 0. The van der Waals surface area contributed by atoms with Crippen LogP contribution in [0.3, 0.4) is 0 Å². The molecular weight excluding hydrogens is 297 g/mol. The fourth-order valence-corrected chi connectivity index (χ4v) is 3.20. The van der Waals surface area contributed by atoms with Crippen LogP contribution >= 0.6 is 23.2 Å². The van der Waals surface area contributed by atoms with E-state index in [-0.39, 0.29) is 0 Å². The van der Waals surface area contributed by atoms with E-state index in [1.165, 1.54) is 6.21 Å². The van der Waals surface area contributed by atoms with Crippen molar-refractivity contribution in [2.45, 2.75) is 5.41 Å². The minimum Gasteiger partial charge on any atom is -0.480 e. The Balaban J connectivity index is 2.38. The summed E-state index contributed by atoms with van der Waals surface area (Å²) in [7, 11) is 0. The van der Waals surface area contributed by atoms with Crippen LogP contribution < -0.4 is 0 Å². The van der Waals surface area contributed by atoms with Gasteiger partial charge in [-0.1, -0.05) is 47.5 Å². The van der Waals surface area contributed by atoms with Gasteiger partial charge in [0.25, 0.3) is 0 Å². The number of nitrogens with zero attached hydrogens (tertiary/aromatic N) is 1. The minimum absolute atomic E-state index is 0.308. The van der Waals surface area contributed by atoms with E-state index >= 15 is 0 Å². The van der Waals surface area contributed by atoms with Gasteiger partial charge in [0.1, 0.15) is 0 Å². The molecule has 0 aliphatic carbocycles. The summed E-state index contributed by atoms with van der Waals surface area (Å²) in [6.07, 6.45) is 1.40. The van der Waals surface area contributed by atoms with E-state index in [4.69, 9.17) is 23.2 Å². The first kappa shape index (κ1) is 13.2. The highest BCUT2D eigenvalue weighted by atomic mass is 35.5. The molecule has 0 aromatic heterocycles. The fourth-order valence-electron chi connectivity index (χ4n) is 2.51. The van der Waals surface area contributed by atoms with E-state index in [0.29, 0.717) is 26.9 Å². The van der Waals surface area contributed by atoms with Crippen molar-refractivity contribution in [3.63, 3.8) is 0 Å². The molecule has 2 aromatic carbocycles. The third-order valence-corrected chi connectivity index (χ3v) is 4.05. The van der Waals surface area contributed by atoms with E-state index in [0.717, 1.165) is 0 Å². The number of benzene rings is 2. The molecular formula is C15H9Cl2NO2. The number of carboxylic acid groups (broad SMARTS) is 1. The molecule has 100 valence electrons. The van der Waals surface area contributed by atoms with Gasteiger partial charge in [0.15, 0.2) is 5.41 Å². The van der Waals surface area contributed by atoms with Crippen molar-refractivity contribution >= 4 is 41.1 Å². The predicted octanol–water partition coefficient (Wildman–Crippen LogP) is 4.08. The molecule has 0 spiro atoms. The molecule has 2 aromatic rings. The molecule has 3 rings (SSSR count). The summed E-state index contributed by atoms with van der Waals surface area (Å²) in [5.41, 5.74) is 0.101. The van der Waals surface area contributed by atoms with Gasteiger partial charge >= 0.3 is 5.97 Å². The lowest BCUT2D eigenvalue weighted by Crippen LogP contribution is -2.37. The Morgan fingerprint density at radius 1 is 1.05 bits per heavy atom. The molecule has 1 heterocycles. The predicted molar refractivity (Wildman–Crippen MR) is 79.5 cm³/mol. The van der Waals surface area contributed by atoms with E-state index in [2.05, 4.69) is 4.99 Å². The number of aliphatic imine (C=N–C) groups is 1. The second-order valence-electron chi connectivity index (χ2n) is 4.49. The van der Waals surface area contributed by atoms with Gasteiger partial charge in [0.05, 0.1) is 5.69 Å². The molecule has 3 nitrogen and oxygen atoms in total. The number of carboxylic acids is 1. The van der Waals surface area contributed by atoms with Gasteiger partial charge in [0.2, 0.25) is 0 Å². The zero-order chi connectivity index (χ0) is 14.3. The van der Waals surface area contributed by atoms with Gasteiger partial charge in [-0.2, -0.15) is 0 Å². The number of fused-ring (bicyclic) bond motifs is 1. The standard InChI is InChI=1S/C15H9Cl2NO2/c16-10-5-3-6-11(17)13(10)15(14(19)20)8-18-12-7-2-1-4-9(12)15/h1-8H,(H,19,20). The smallest absolute Gasteiger partial charge is 0.324 e. The molecule has 0 fully saturated rings. The molecule has 0 radical (unpaired) electrons. The number of carbonyl (C=O) groups is 1. The van der Waals surface area contributed by atoms with E-state index < -0.39 is 11.4 Å². The van der Waals surface area contributed by atoms with Crippen molar-refractivity contribution < 1.29 is 9.90 Å². The molecule has 1 aliphatic heterocycles. The van der Waals surface area contributed by atoms with Gasteiger partial charge in [-0.05, 0) is 18.2 Å². The summed E-state index contributed by atoms with van der Waals surface area (Å²) in [6, 6.07) is 12.0. The lowest BCUT2D eigenvalue weighted by atomic mass is 9.76. The summed E-state index contributed by atoms with van der Waals surface area (Å²) in [4.78, 5) is 16.2. The Morgan fingerprint density at radius 3 is 2.35 bits per heavy atom. The zero-order valence-electron chi connectivity index (χ0n) is 10.2. The van der Waals surface area contributed by atoms with Crippen LogP contribution in [0.25, 0.3) is 0 Å². The molecule has 1 N–H and O–H groups in total. The fraction of sp³-hybridized carbons (Fsp3) is 0.0667. The van der Waals surface area contributed by atoms with Crippen LogP contribution in [0.15, 0.2) is 47.5 Å². The van der Waals surface area contributed by atoms with Crippen LogP contribution in [0, 0.1) is 0 Å². The zero-order valence-corrected chi connectivity index (χ0v) is 11.7. The topological polar surface area (TPSA) is 49.7 Å². The quantitative estimate of drug-likeness (QED) is 0.909. The lowest BCUT2D eigenvalue weighted by molar-refractivity contribution is -0.139. The van der Waals surface area contributed by atoms with Gasteiger partial charge in [-0.15, -0.1) is 0 Å². The highest BCUT2D eigenvalue weighted by Gasteiger charge is 2.47. The molecule has 1 atom stereocenters. The van der Waals surface area contributed by atoms with Crippen LogP contribution in [-0.2, 0) is 10.2 Å². The largest absolute Gasteiger partial charge is 0.480 e. The first-order valence-electron chi connectivity index (χ1n) is 5.90. The molecule has 0 saturated heterocycles. The minimum atomic E-state index is -1.44. The molecule has 5 heteroatoms. The maximum absolute atomic E-state index is 12.0. The molecule has 0 bridgehead atoms. The van der Waals surface area contributed by atoms with E-state index in [1.807, 2.05) is 6.07 Å². The van der Waals surface area contributed by atoms with Crippen molar-refractivity contribution in [1.82, 2.24) is 0 Å². The summed E-state index contributed by atoms with van der Waals surface area (Å²) < 4.78 is 0. The van der Waals surface area contributed by atoms with Gasteiger partial charge in [0, 0.05) is 27.4 Å². The van der Waals surface area contributed by atoms with Gasteiger partial charge < -0.3 is 5.11 Å². The number of hydrogen-bond acceptors (Lipinski definition) is 2. The number of rotatable bonds is 2. The molecule has 0 amide bonds. The Kier molecular flexibility index (Phi) is 3.04. The number of hydrogen-bond donors (Lipinski definition) is 1. The monoisotopic (exact) mass is 305 g/mol. The van der Waals surface area contributed by atoms with Crippen LogP contribution in [0.2, 0.25) is 10.0 Å². The molecule has 1 aliphatic rings. The summed E-state index contributed by atoms with van der Waals surface area (Å²) in [5, 5.41) is 10.4. The van der Waals surface area contributed by atoms with E-state index in [1.54, 1.807) is 36.4 Å². The van der Waals surface area contributed by atoms with Crippen molar-refractivity contribution in [3.8, 4) is 0 Å². The second kappa shape index (κ2) is 4.62. The average molecular weight is 306 g/mol. The van der Waals surface area contributed by atoms with Gasteiger partial charge in [-0.3, -0.25) is 9.79 Å². The highest BCUT2D eigenvalue weighted by Crippen LogP contribution is 2.46. The van der Waals surface area contributed by atoms with Crippen molar-refractivity contribution in [2.24, 2.45) is 4.99 Å². The Labute approximate surface area is 125 Å². The number of aliphatic carboxylic acids is 1. The van der Waals surface area contributed by atoms with Crippen LogP contribution in [0.1, 0.15) is 11.1 Å². The normalized spacial score (nSPS) is 19.9. The average Bonchev–Trinajstić information content (AvgIpc) is 2.80. The van der Waals surface area contributed by atoms with Crippen molar-refractivity contribution in [2.75, 3.05) is 0 Å². The highest BCUT2D eigenvalue weighted by molar-refractivity contribution is 6.37. The number of halogens is 2. The SMILES string of the molecule is O=C(O)C1(c2c(Cl)cccc2Cl)C=Nc2ccccc21. The molecule has 0 saturated carbocycles. The summed E-state index contributed by atoms with van der Waals surface area (Å²) in [5.74, 6) is -1.05. The van der Waals surface area contributed by atoms with E-state index in [9.17, 15) is 9.90 Å². The first-order chi connectivity index (χ1) is 9.57. The second-order valence-corrected chi connectivity index (χ2v) is 5.30. The maximum Gasteiger partial charge on any atom is 0.324 e. The first-order valence-corrected chi connectivity index (χ1v) is 6.65. The molecule has 1 unspecified atom stereocenters. The van der Waals surface area contributed by atoms with Crippen molar-refractivity contribution in [3.05, 3.63) is 63.6 Å². The lowest BCUT2D eigenvalue weighted by Gasteiger charge is -2.25. The van der Waals surface area contributed by atoms with Gasteiger partial charge in [-0.25, -0.2) is 0 Å². The van der Waals surface area contributed by atoms with Crippen LogP contribution in [0.4, 0.5) is 5.69 Å². The Bertz CT molecular complexity index is 722. The van der Waals surface area contributed by atoms with Crippen molar-refractivity contribution in [1.29, 1.82) is 0 Å². The maximum atomic E-state index is 12.0. The Hall–Kier alpha value is -1.84. The molecule has 20 heavy (non-hydrogen) atoms. The third-order valence-electron chi connectivity index (χ3n) is 3.42. The third kappa shape index (κ3) is 1.67. The Morgan fingerprint density at radius 2 is 1.70 bits per heavy atom.